The zero-order valence-corrected chi connectivity index (χ0v) is 16.8. The van der Waals surface area contributed by atoms with Gasteiger partial charge in [0.2, 0.25) is 0 Å². The van der Waals surface area contributed by atoms with Gasteiger partial charge >= 0.3 is 0 Å². The van der Waals surface area contributed by atoms with Crippen molar-refractivity contribution in [3.63, 3.8) is 0 Å². The summed E-state index contributed by atoms with van der Waals surface area (Å²) in [4.78, 5) is 0. The molecule has 0 bridgehead atoms. The van der Waals surface area contributed by atoms with Crippen LogP contribution in [0.3, 0.4) is 0 Å². The average Bonchev–Trinajstić information content (AvgIpc) is 3.16. The maximum absolute atomic E-state index is 14.2. The molecule has 1 aromatic heterocycles. The van der Waals surface area contributed by atoms with Gasteiger partial charge in [0.25, 0.3) is 0 Å². The Morgan fingerprint density at radius 2 is 1.55 bits per heavy atom. The number of para-hydroxylation sites is 1. The van der Waals surface area contributed by atoms with Gasteiger partial charge in [0, 0.05) is 33.8 Å². The number of allylic oxidation sites excluding steroid dienone is 1. The first-order valence-corrected chi connectivity index (χ1v) is 10.2. The SMILES string of the molecule is N#C/C(=C\c1cn(Cc2ccccc2F)c2ccccc12)c1cccc2ccccc12. The fraction of sp³-hybridized carbons (Fsp3) is 0.0357. The first-order valence-electron chi connectivity index (χ1n) is 10.2. The molecule has 0 atom stereocenters. The Balaban J connectivity index is 1.65. The second-order valence-electron chi connectivity index (χ2n) is 7.52. The molecule has 0 saturated heterocycles. The lowest BCUT2D eigenvalue weighted by atomic mass is 9.97. The highest BCUT2D eigenvalue weighted by Crippen LogP contribution is 2.30. The van der Waals surface area contributed by atoms with Gasteiger partial charge in [-0.2, -0.15) is 5.26 Å². The van der Waals surface area contributed by atoms with Crippen LogP contribution < -0.4 is 0 Å². The van der Waals surface area contributed by atoms with Crippen LogP contribution in [0.2, 0.25) is 0 Å². The maximum Gasteiger partial charge on any atom is 0.128 e. The topological polar surface area (TPSA) is 28.7 Å². The summed E-state index contributed by atoms with van der Waals surface area (Å²) in [6, 6.07) is 31.3. The summed E-state index contributed by atoms with van der Waals surface area (Å²) >= 11 is 0. The lowest BCUT2D eigenvalue weighted by molar-refractivity contribution is 0.602. The van der Waals surface area contributed by atoms with E-state index in [9.17, 15) is 9.65 Å². The molecule has 1 heterocycles. The summed E-state index contributed by atoms with van der Waals surface area (Å²) in [5.74, 6) is -0.217. The van der Waals surface area contributed by atoms with E-state index in [0.29, 0.717) is 17.7 Å². The van der Waals surface area contributed by atoms with Crippen molar-refractivity contribution in [1.29, 1.82) is 5.26 Å². The molecule has 0 aliphatic heterocycles. The van der Waals surface area contributed by atoms with Crippen molar-refractivity contribution in [3.8, 4) is 6.07 Å². The molecule has 0 N–H and O–H groups in total. The van der Waals surface area contributed by atoms with Gasteiger partial charge in [0.05, 0.1) is 18.2 Å². The van der Waals surface area contributed by atoms with Crippen LogP contribution in [0.25, 0.3) is 33.3 Å². The van der Waals surface area contributed by atoms with Crippen molar-refractivity contribution < 1.29 is 4.39 Å². The number of hydrogen-bond acceptors (Lipinski definition) is 1. The number of rotatable bonds is 4. The van der Waals surface area contributed by atoms with Gasteiger partial charge in [-0.1, -0.05) is 78.9 Å². The standard InChI is InChI=1S/C28H19FN2/c29-27-14-5-2-9-21(27)18-31-19-23(26-12-4-6-15-28(26)31)16-22(17-30)25-13-7-10-20-8-1-3-11-24(20)25/h1-16,19H,18H2/b22-16+. The molecule has 0 fully saturated rings. The predicted octanol–water partition coefficient (Wildman–Crippen LogP) is 7.05. The van der Waals surface area contributed by atoms with Gasteiger partial charge in [0.1, 0.15) is 5.82 Å². The Labute approximate surface area is 180 Å². The molecule has 0 unspecified atom stereocenters. The monoisotopic (exact) mass is 402 g/mol. The fourth-order valence-corrected chi connectivity index (χ4v) is 4.12. The summed E-state index contributed by atoms with van der Waals surface area (Å²) in [6.07, 6.45) is 3.93. The minimum atomic E-state index is -0.217. The third-order valence-electron chi connectivity index (χ3n) is 5.62. The van der Waals surface area contributed by atoms with Gasteiger partial charge < -0.3 is 4.57 Å². The first kappa shape index (κ1) is 18.8. The maximum atomic E-state index is 14.2. The summed E-state index contributed by atoms with van der Waals surface area (Å²) in [6.45, 7) is 0.428. The van der Waals surface area contributed by atoms with Crippen molar-refractivity contribution in [2.75, 3.05) is 0 Å². The third kappa shape index (κ3) is 3.49. The molecule has 5 aromatic rings. The number of fused-ring (bicyclic) bond motifs is 2. The molecular weight excluding hydrogens is 383 g/mol. The third-order valence-corrected chi connectivity index (χ3v) is 5.62. The number of aromatic nitrogens is 1. The summed E-state index contributed by atoms with van der Waals surface area (Å²) < 4.78 is 16.3. The van der Waals surface area contributed by atoms with Crippen LogP contribution in [0.1, 0.15) is 16.7 Å². The van der Waals surface area contributed by atoms with Crippen molar-refractivity contribution in [2.24, 2.45) is 0 Å². The van der Waals surface area contributed by atoms with E-state index in [-0.39, 0.29) is 5.82 Å². The number of hydrogen-bond donors (Lipinski definition) is 0. The molecule has 148 valence electrons. The molecule has 0 aliphatic carbocycles. The van der Waals surface area contributed by atoms with Gasteiger partial charge in [-0.25, -0.2) is 4.39 Å². The van der Waals surface area contributed by atoms with Crippen molar-refractivity contribution in [1.82, 2.24) is 4.57 Å². The first-order chi connectivity index (χ1) is 15.2. The number of nitrogens with zero attached hydrogens (tertiary/aromatic N) is 2. The molecule has 31 heavy (non-hydrogen) atoms. The quantitative estimate of drug-likeness (QED) is 0.296. The molecule has 0 aliphatic rings. The van der Waals surface area contributed by atoms with E-state index in [0.717, 1.165) is 32.8 Å². The summed E-state index contributed by atoms with van der Waals surface area (Å²) in [7, 11) is 0. The number of halogens is 1. The van der Waals surface area contributed by atoms with E-state index < -0.39 is 0 Å². The zero-order valence-electron chi connectivity index (χ0n) is 16.8. The molecule has 0 radical (unpaired) electrons. The minimum Gasteiger partial charge on any atom is -0.342 e. The molecule has 4 aromatic carbocycles. The van der Waals surface area contributed by atoms with Crippen LogP contribution in [0.4, 0.5) is 4.39 Å². The second-order valence-corrected chi connectivity index (χ2v) is 7.52. The van der Waals surface area contributed by atoms with E-state index in [1.54, 1.807) is 12.1 Å². The van der Waals surface area contributed by atoms with Crippen molar-refractivity contribution in [3.05, 3.63) is 120 Å². The highest BCUT2D eigenvalue weighted by molar-refractivity contribution is 6.04. The Kier molecular flexibility index (Phi) is 4.82. The van der Waals surface area contributed by atoms with E-state index >= 15 is 0 Å². The van der Waals surface area contributed by atoms with E-state index in [2.05, 4.69) is 6.07 Å². The van der Waals surface area contributed by atoms with Crippen LogP contribution in [0.15, 0.2) is 97.2 Å². The van der Waals surface area contributed by atoms with E-state index in [1.165, 1.54) is 6.07 Å². The lowest BCUT2D eigenvalue weighted by Crippen LogP contribution is -2.00. The molecule has 0 spiro atoms. The molecule has 2 nitrogen and oxygen atoms in total. The molecule has 0 amide bonds. The van der Waals surface area contributed by atoms with Gasteiger partial charge in [-0.15, -0.1) is 0 Å². The van der Waals surface area contributed by atoms with E-state index in [4.69, 9.17) is 0 Å². The lowest BCUT2D eigenvalue weighted by Gasteiger charge is -2.06. The Morgan fingerprint density at radius 1 is 0.839 bits per heavy atom. The Bertz CT molecular complexity index is 1480. The number of nitriles is 1. The van der Waals surface area contributed by atoms with Gasteiger partial charge in [-0.05, 0) is 29.0 Å². The number of benzene rings is 4. The van der Waals surface area contributed by atoms with Gasteiger partial charge in [0.15, 0.2) is 0 Å². The largest absolute Gasteiger partial charge is 0.342 e. The summed E-state index contributed by atoms with van der Waals surface area (Å²) in [5, 5.41) is 13.2. The molecule has 3 heteroatoms. The van der Waals surface area contributed by atoms with Gasteiger partial charge in [-0.3, -0.25) is 0 Å². The van der Waals surface area contributed by atoms with Crippen LogP contribution in [0, 0.1) is 17.1 Å². The summed E-state index contributed by atoms with van der Waals surface area (Å²) in [5.41, 5.74) is 4.09. The molecule has 0 saturated carbocycles. The predicted molar refractivity (Wildman–Crippen MR) is 125 cm³/mol. The highest BCUT2D eigenvalue weighted by Gasteiger charge is 2.12. The van der Waals surface area contributed by atoms with Crippen LogP contribution >= 0.6 is 0 Å². The second kappa shape index (κ2) is 7.93. The smallest absolute Gasteiger partial charge is 0.128 e. The Morgan fingerprint density at radius 3 is 2.39 bits per heavy atom. The van der Waals surface area contributed by atoms with Crippen LogP contribution in [-0.4, -0.2) is 4.57 Å². The van der Waals surface area contributed by atoms with E-state index in [1.807, 2.05) is 89.6 Å². The molecule has 5 rings (SSSR count). The van der Waals surface area contributed by atoms with Crippen molar-refractivity contribution in [2.45, 2.75) is 6.54 Å². The average molecular weight is 402 g/mol. The van der Waals surface area contributed by atoms with Crippen LogP contribution in [0.5, 0.6) is 0 Å². The normalized spacial score (nSPS) is 11.7. The van der Waals surface area contributed by atoms with Crippen molar-refractivity contribution >= 4 is 33.3 Å². The molecular formula is C28H19FN2. The fourth-order valence-electron chi connectivity index (χ4n) is 4.12. The Hall–Kier alpha value is -4.16. The minimum absolute atomic E-state index is 0.217. The zero-order chi connectivity index (χ0) is 21.2. The van der Waals surface area contributed by atoms with Crippen LogP contribution in [-0.2, 0) is 6.54 Å². The highest BCUT2D eigenvalue weighted by atomic mass is 19.1.